The molecule has 0 spiro atoms. The van der Waals surface area contributed by atoms with Gasteiger partial charge in [-0.05, 0) is 53.1 Å². The molecule has 2 aliphatic rings. The van der Waals surface area contributed by atoms with Gasteiger partial charge in [-0.2, -0.15) is 0 Å². The Morgan fingerprint density at radius 1 is 1.17 bits per heavy atom. The second-order valence-electron chi connectivity index (χ2n) is 6.39. The molecule has 6 nitrogen and oxygen atoms in total. The molecule has 2 saturated carbocycles. The number of carbonyl (C=O) groups excluding carboxylic acids is 1. The van der Waals surface area contributed by atoms with Crippen LogP contribution in [0.5, 0.6) is 11.5 Å². The molecule has 3 atom stereocenters. The molecular weight excluding hydrogens is 398 g/mol. The lowest BCUT2D eigenvalue weighted by atomic mass is 9.88. The Kier molecular flexibility index (Phi) is 4.79. The van der Waals surface area contributed by atoms with E-state index in [4.69, 9.17) is 9.47 Å². The molecule has 3 rings (SSSR count). The van der Waals surface area contributed by atoms with Gasteiger partial charge < -0.3 is 9.47 Å². The smallest absolute Gasteiger partial charge is 0.265 e. The average molecular weight is 418 g/mol. The van der Waals surface area contributed by atoms with Gasteiger partial charge in [-0.1, -0.05) is 6.42 Å². The lowest BCUT2D eigenvalue weighted by Crippen LogP contribution is -2.37. The number of methoxy groups -OCH3 is 2. The van der Waals surface area contributed by atoms with Crippen LogP contribution in [0.15, 0.2) is 21.5 Å². The summed E-state index contributed by atoms with van der Waals surface area (Å²) in [4.78, 5) is 12.4. The van der Waals surface area contributed by atoms with Crippen LogP contribution in [0.25, 0.3) is 0 Å². The van der Waals surface area contributed by atoms with E-state index in [-0.39, 0.29) is 16.6 Å². The second kappa shape index (κ2) is 6.55. The van der Waals surface area contributed by atoms with Crippen molar-refractivity contribution in [1.82, 2.24) is 4.72 Å². The SMILES string of the molecule is COc1cc(Br)c(S(=O)(=O)NC(=O)[C@@H]2C[C@H]3CC[C@H]2C3)cc1OC. The fourth-order valence-corrected chi connectivity index (χ4v) is 5.94. The first-order chi connectivity index (χ1) is 11.4. The molecule has 0 saturated heterocycles. The fourth-order valence-electron chi connectivity index (χ4n) is 3.87. The Bertz CT molecular complexity index is 764. The fraction of sp³-hybridized carbons (Fsp3) is 0.562. The van der Waals surface area contributed by atoms with Crippen LogP contribution in [-0.2, 0) is 14.8 Å². The van der Waals surface area contributed by atoms with Gasteiger partial charge in [0.25, 0.3) is 10.0 Å². The molecule has 0 radical (unpaired) electrons. The molecule has 0 aliphatic heterocycles. The number of ether oxygens (including phenoxy) is 2. The summed E-state index contributed by atoms with van der Waals surface area (Å²) in [6, 6.07) is 2.86. The molecule has 132 valence electrons. The third kappa shape index (κ3) is 3.13. The molecule has 2 fully saturated rings. The first-order valence-electron chi connectivity index (χ1n) is 7.84. The zero-order valence-electron chi connectivity index (χ0n) is 13.5. The summed E-state index contributed by atoms with van der Waals surface area (Å²) in [5.74, 6) is 0.984. The van der Waals surface area contributed by atoms with Gasteiger partial charge in [-0.3, -0.25) is 4.79 Å². The standard InChI is InChI=1S/C16H20BrNO5S/c1-22-13-7-12(17)15(8-14(13)23-2)24(20,21)18-16(19)11-6-9-3-4-10(11)5-9/h7-11H,3-6H2,1-2H3,(H,18,19)/t9-,10-,11+/m0/s1. The molecule has 24 heavy (non-hydrogen) atoms. The predicted molar refractivity (Wildman–Crippen MR) is 91.5 cm³/mol. The molecule has 1 amide bonds. The zero-order valence-corrected chi connectivity index (χ0v) is 15.9. The summed E-state index contributed by atoms with van der Waals surface area (Å²) in [7, 11) is -1.09. The number of nitrogens with one attached hydrogen (secondary N) is 1. The van der Waals surface area contributed by atoms with Crippen molar-refractivity contribution in [2.24, 2.45) is 17.8 Å². The maximum absolute atomic E-state index is 12.6. The van der Waals surface area contributed by atoms with Crippen LogP contribution in [-0.4, -0.2) is 28.5 Å². The number of amides is 1. The molecule has 2 aliphatic carbocycles. The van der Waals surface area contributed by atoms with Gasteiger partial charge in [-0.25, -0.2) is 13.1 Å². The Hall–Kier alpha value is -1.28. The molecule has 0 aromatic heterocycles. The van der Waals surface area contributed by atoms with Gasteiger partial charge in [-0.15, -0.1) is 0 Å². The Balaban J connectivity index is 1.84. The molecule has 2 bridgehead atoms. The number of hydrogen-bond donors (Lipinski definition) is 1. The highest BCUT2D eigenvalue weighted by Gasteiger charge is 2.44. The predicted octanol–water partition coefficient (Wildman–Crippen LogP) is 2.71. The summed E-state index contributed by atoms with van der Waals surface area (Å²) in [6.07, 6.45) is 4.00. The van der Waals surface area contributed by atoms with Crippen LogP contribution < -0.4 is 14.2 Å². The van der Waals surface area contributed by atoms with E-state index in [1.807, 2.05) is 0 Å². The summed E-state index contributed by atoms with van der Waals surface area (Å²) in [5, 5.41) is 0. The maximum atomic E-state index is 12.6. The lowest BCUT2D eigenvalue weighted by molar-refractivity contribution is -0.124. The quantitative estimate of drug-likeness (QED) is 0.795. The summed E-state index contributed by atoms with van der Waals surface area (Å²) in [6.45, 7) is 0. The molecular formula is C16H20BrNO5S. The van der Waals surface area contributed by atoms with Crippen molar-refractivity contribution in [2.45, 2.75) is 30.6 Å². The van der Waals surface area contributed by atoms with E-state index >= 15 is 0 Å². The van der Waals surface area contributed by atoms with Gasteiger partial charge in [0.15, 0.2) is 11.5 Å². The Morgan fingerprint density at radius 2 is 1.83 bits per heavy atom. The maximum Gasteiger partial charge on any atom is 0.265 e. The Labute approximate surface area is 150 Å². The highest BCUT2D eigenvalue weighted by molar-refractivity contribution is 9.10. The minimum atomic E-state index is -3.98. The first kappa shape index (κ1) is 17.5. The number of sulfonamides is 1. The first-order valence-corrected chi connectivity index (χ1v) is 10.1. The number of benzene rings is 1. The number of rotatable bonds is 5. The van der Waals surface area contributed by atoms with Crippen LogP contribution in [0.4, 0.5) is 0 Å². The van der Waals surface area contributed by atoms with Gasteiger partial charge in [0.2, 0.25) is 5.91 Å². The van der Waals surface area contributed by atoms with E-state index < -0.39 is 15.9 Å². The lowest BCUT2D eigenvalue weighted by Gasteiger charge is -2.21. The van der Waals surface area contributed by atoms with E-state index in [2.05, 4.69) is 20.7 Å². The third-order valence-corrected chi connectivity index (χ3v) is 7.34. The van der Waals surface area contributed by atoms with Crippen molar-refractivity contribution in [2.75, 3.05) is 14.2 Å². The van der Waals surface area contributed by atoms with Gasteiger partial charge in [0.05, 0.1) is 14.2 Å². The highest BCUT2D eigenvalue weighted by atomic mass is 79.9. The normalized spacial score (nSPS) is 25.5. The van der Waals surface area contributed by atoms with E-state index in [0.29, 0.717) is 22.1 Å². The molecule has 1 N–H and O–H groups in total. The van der Waals surface area contributed by atoms with Crippen LogP contribution in [0.1, 0.15) is 25.7 Å². The van der Waals surface area contributed by atoms with Crippen molar-refractivity contribution in [3.8, 4) is 11.5 Å². The van der Waals surface area contributed by atoms with Crippen LogP contribution >= 0.6 is 15.9 Å². The molecule has 0 unspecified atom stereocenters. The van der Waals surface area contributed by atoms with Crippen molar-refractivity contribution in [1.29, 1.82) is 0 Å². The largest absolute Gasteiger partial charge is 0.493 e. The zero-order chi connectivity index (χ0) is 17.5. The molecule has 0 heterocycles. The third-order valence-electron chi connectivity index (χ3n) is 5.04. The summed E-state index contributed by atoms with van der Waals surface area (Å²) >= 11 is 3.23. The number of fused-ring (bicyclic) bond motifs is 2. The van der Waals surface area contributed by atoms with Gasteiger partial charge in [0.1, 0.15) is 4.90 Å². The van der Waals surface area contributed by atoms with E-state index in [1.54, 1.807) is 0 Å². The van der Waals surface area contributed by atoms with Crippen molar-refractivity contribution >= 4 is 31.9 Å². The van der Waals surface area contributed by atoms with Crippen LogP contribution in [0.2, 0.25) is 0 Å². The number of hydrogen-bond acceptors (Lipinski definition) is 5. The monoisotopic (exact) mass is 417 g/mol. The minimum Gasteiger partial charge on any atom is -0.493 e. The number of carbonyl (C=O) groups is 1. The molecule has 8 heteroatoms. The molecule has 1 aromatic rings. The summed E-state index contributed by atoms with van der Waals surface area (Å²) < 4.78 is 38.1. The summed E-state index contributed by atoms with van der Waals surface area (Å²) in [5.41, 5.74) is 0. The highest BCUT2D eigenvalue weighted by Crippen LogP contribution is 2.48. The van der Waals surface area contributed by atoms with Crippen molar-refractivity contribution in [3.05, 3.63) is 16.6 Å². The minimum absolute atomic E-state index is 0.0448. The molecule has 1 aromatic carbocycles. The van der Waals surface area contributed by atoms with E-state index in [9.17, 15) is 13.2 Å². The van der Waals surface area contributed by atoms with Crippen molar-refractivity contribution < 1.29 is 22.7 Å². The van der Waals surface area contributed by atoms with E-state index in [1.165, 1.54) is 26.4 Å². The Morgan fingerprint density at radius 3 is 2.38 bits per heavy atom. The van der Waals surface area contributed by atoms with Gasteiger partial charge >= 0.3 is 0 Å². The second-order valence-corrected chi connectivity index (χ2v) is 8.89. The topological polar surface area (TPSA) is 81.7 Å². The van der Waals surface area contributed by atoms with E-state index in [0.717, 1.165) is 25.7 Å². The van der Waals surface area contributed by atoms with Crippen LogP contribution in [0, 0.1) is 17.8 Å². The van der Waals surface area contributed by atoms with Gasteiger partial charge in [0, 0.05) is 16.5 Å². The van der Waals surface area contributed by atoms with Crippen molar-refractivity contribution in [3.63, 3.8) is 0 Å². The number of halogens is 1. The average Bonchev–Trinajstić information content (AvgIpc) is 3.16. The van der Waals surface area contributed by atoms with Crippen LogP contribution in [0.3, 0.4) is 0 Å².